The van der Waals surface area contributed by atoms with Crippen molar-refractivity contribution in [3.8, 4) is 11.5 Å². The third-order valence-corrected chi connectivity index (χ3v) is 8.58. The van der Waals surface area contributed by atoms with Gasteiger partial charge in [0.2, 0.25) is 0 Å². The van der Waals surface area contributed by atoms with E-state index in [1.165, 1.54) is 44.6 Å². The van der Waals surface area contributed by atoms with E-state index < -0.39 is 11.7 Å². The number of benzene rings is 2. The number of aliphatic hydroxyl groups is 1. The molecule has 2 aromatic rings. The second kappa shape index (κ2) is 14.0. The highest BCUT2D eigenvalue weighted by Crippen LogP contribution is 2.41. The molecule has 0 saturated heterocycles. The molecule has 2 aromatic carbocycles. The summed E-state index contributed by atoms with van der Waals surface area (Å²) in [6.07, 6.45) is 14.6. The Kier molecular flexibility index (Phi) is 10.5. The number of ether oxygens (including phenoxy) is 2. The van der Waals surface area contributed by atoms with Crippen molar-refractivity contribution < 1.29 is 24.5 Å². The quantitative estimate of drug-likeness (QED) is 0.213. The zero-order chi connectivity index (χ0) is 26.8. The molecule has 0 bridgehead atoms. The van der Waals surface area contributed by atoms with Gasteiger partial charge in [0, 0.05) is 13.3 Å². The number of phenolic OH excluding ortho intramolecular Hbond substituents is 1. The van der Waals surface area contributed by atoms with Crippen molar-refractivity contribution in [2.75, 3.05) is 0 Å². The normalized spacial score (nSPS) is 23.8. The van der Waals surface area contributed by atoms with E-state index in [4.69, 9.17) is 9.47 Å². The molecule has 3 atom stereocenters. The summed E-state index contributed by atoms with van der Waals surface area (Å²) in [5.74, 6) is 0.702. The van der Waals surface area contributed by atoms with Gasteiger partial charge in [-0.1, -0.05) is 55.7 Å². The van der Waals surface area contributed by atoms with Gasteiger partial charge in [-0.2, -0.15) is 0 Å². The lowest BCUT2D eigenvalue weighted by molar-refractivity contribution is -0.168. The molecule has 2 fully saturated rings. The maximum Gasteiger partial charge on any atom is 0.303 e. The SMILES string of the molecule is CC(=O)OC1(CCc2ccc(O)c(OC3CCCC3)c2)CCC(CCCCCCc2ccccc2)C(O)C1. The molecule has 2 aliphatic carbocycles. The predicted octanol–water partition coefficient (Wildman–Crippen LogP) is 7.30. The van der Waals surface area contributed by atoms with Crippen molar-refractivity contribution in [2.24, 2.45) is 5.92 Å². The Morgan fingerprint density at radius 2 is 1.71 bits per heavy atom. The van der Waals surface area contributed by atoms with E-state index >= 15 is 0 Å². The van der Waals surface area contributed by atoms with Crippen LogP contribution in [-0.2, 0) is 22.4 Å². The Morgan fingerprint density at radius 3 is 2.45 bits per heavy atom. The summed E-state index contributed by atoms with van der Waals surface area (Å²) in [4.78, 5) is 12.0. The van der Waals surface area contributed by atoms with Crippen molar-refractivity contribution in [2.45, 2.75) is 121 Å². The van der Waals surface area contributed by atoms with E-state index in [0.717, 1.165) is 50.5 Å². The Bertz CT molecular complexity index is 1000. The van der Waals surface area contributed by atoms with Crippen molar-refractivity contribution in [1.29, 1.82) is 0 Å². The first-order valence-electron chi connectivity index (χ1n) is 14.8. The van der Waals surface area contributed by atoms with Crippen molar-refractivity contribution in [3.05, 3.63) is 59.7 Å². The van der Waals surface area contributed by atoms with Crippen LogP contribution in [0.25, 0.3) is 0 Å². The average molecular weight is 523 g/mol. The van der Waals surface area contributed by atoms with Crippen LogP contribution in [0.2, 0.25) is 0 Å². The molecule has 4 rings (SSSR count). The van der Waals surface area contributed by atoms with Gasteiger partial charge in [0.25, 0.3) is 0 Å². The zero-order valence-electron chi connectivity index (χ0n) is 23.1. The summed E-state index contributed by atoms with van der Waals surface area (Å²) in [6.45, 7) is 1.46. The van der Waals surface area contributed by atoms with Gasteiger partial charge in [-0.15, -0.1) is 0 Å². The molecular formula is C33H46O5. The molecule has 0 aliphatic heterocycles. The number of phenols is 1. The molecule has 2 N–H and O–H groups in total. The molecule has 0 amide bonds. The lowest BCUT2D eigenvalue weighted by Gasteiger charge is -2.42. The van der Waals surface area contributed by atoms with Crippen molar-refractivity contribution in [1.82, 2.24) is 0 Å². The van der Waals surface area contributed by atoms with Gasteiger partial charge >= 0.3 is 5.97 Å². The summed E-state index contributed by atoms with van der Waals surface area (Å²) in [6, 6.07) is 16.2. The Morgan fingerprint density at radius 1 is 0.947 bits per heavy atom. The minimum Gasteiger partial charge on any atom is -0.504 e. The molecule has 0 spiro atoms. The zero-order valence-corrected chi connectivity index (χ0v) is 23.1. The molecular weight excluding hydrogens is 476 g/mol. The maximum atomic E-state index is 12.0. The highest BCUT2D eigenvalue weighted by molar-refractivity contribution is 5.66. The fourth-order valence-corrected chi connectivity index (χ4v) is 6.40. The van der Waals surface area contributed by atoms with Crippen LogP contribution < -0.4 is 4.74 Å². The number of esters is 1. The van der Waals surface area contributed by atoms with Crippen LogP contribution in [0.15, 0.2) is 48.5 Å². The van der Waals surface area contributed by atoms with Gasteiger partial charge in [-0.25, -0.2) is 0 Å². The molecule has 3 unspecified atom stereocenters. The van der Waals surface area contributed by atoms with Gasteiger partial charge in [0.15, 0.2) is 11.5 Å². The van der Waals surface area contributed by atoms with Gasteiger partial charge < -0.3 is 19.7 Å². The molecule has 2 saturated carbocycles. The highest BCUT2D eigenvalue weighted by Gasteiger charge is 2.42. The predicted molar refractivity (Wildman–Crippen MR) is 150 cm³/mol. The number of hydrogen-bond donors (Lipinski definition) is 2. The molecule has 0 radical (unpaired) electrons. The second-order valence-electron chi connectivity index (χ2n) is 11.6. The van der Waals surface area contributed by atoms with Crippen LogP contribution in [0.4, 0.5) is 0 Å². The molecule has 0 aromatic heterocycles. The number of unbranched alkanes of at least 4 members (excludes halogenated alkanes) is 3. The average Bonchev–Trinajstić information content (AvgIpc) is 3.41. The van der Waals surface area contributed by atoms with E-state index in [1.54, 1.807) is 6.07 Å². The first-order chi connectivity index (χ1) is 18.4. The lowest BCUT2D eigenvalue weighted by Crippen LogP contribution is -2.45. The van der Waals surface area contributed by atoms with Crippen LogP contribution in [0.1, 0.15) is 102 Å². The van der Waals surface area contributed by atoms with Gasteiger partial charge in [-0.05, 0) is 99.8 Å². The van der Waals surface area contributed by atoms with E-state index in [-0.39, 0.29) is 23.7 Å². The monoisotopic (exact) mass is 522 g/mol. The van der Waals surface area contributed by atoms with E-state index in [9.17, 15) is 15.0 Å². The number of carbonyl (C=O) groups is 1. The lowest BCUT2D eigenvalue weighted by atomic mass is 9.72. The first kappa shape index (κ1) is 28.5. The molecule has 38 heavy (non-hydrogen) atoms. The molecule has 2 aliphatic rings. The van der Waals surface area contributed by atoms with Gasteiger partial charge in [0.05, 0.1) is 12.2 Å². The van der Waals surface area contributed by atoms with Crippen molar-refractivity contribution in [3.63, 3.8) is 0 Å². The third-order valence-electron chi connectivity index (χ3n) is 8.58. The number of aromatic hydroxyl groups is 1. The topological polar surface area (TPSA) is 76.0 Å². The summed E-state index contributed by atoms with van der Waals surface area (Å²) in [7, 11) is 0. The fraction of sp³-hybridized carbons (Fsp3) is 0.606. The number of aliphatic hydroxyl groups excluding tert-OH is 1. The number of carbonyl (C=O) groups excluding carboxylic acids is 1. The molecule has 5 heteroatoms. The van der Waals surface area contributed by atoms with Crippen LogP contribution in [-0.4, -0.2) is 34.0 Å². The van der Waals surface area contributed by atoms with E-state index in [1.807, 2.05) is 12.1 Å². The highest BCUT2D eigenvalue weighted by atomic mass is 16.6. The minimum atomic E-state index is -0.637. The minimum absolute atomic E-state index is 0.173. The fourth-order valence-electron chi connectivity index (χ4n) is 6.40. The van der Waals surface area contributed by atoms with Crippen LogP contribution in [0.3, 0.4) is 0 Å². The molecule has 5 nitrogen and oxygen atoms in total. The van der Waals surface area contributed by atoms with Crippen molar-refractivity contribution >= 4 is 5.97 Å². The van der Waals surface area contributed by atoms with Crippen LogP contribution in [0.5, 0.6) is 11.5 Å². The third kappa shape index (κ3) is 8.49. The smallest absolute Gasteiger partial charge is 0.303 e. The number of rotatable bonds is 13. The largest absolute Gasteiger partial charge is 0.504 e. The van der Waals surface area contributed by atoms with E-state index in [2.05, 4.69) is 30.3 Å². The Hall–Kier alpha value is -2.53. The molecule has 208 valence electrons. The van der Waals surface area contributed by atoms with Crippen LogP contribution >= 0.6 is 0 Å². The first-order valence-corrected chi connectivity index (χ1v) is 14.8. The summed E-state index contributed by atoms with van der Waals surface area (Å²) >= 11 is 0. The molecule has 0 heterocycles. The van der Waals surface area contributed by atoms with Gasteiger partial charge in [0.1, 0.15) is 5.60 Å². The summed E-state index contributed by atoms with van der Waals surface area (Å²) in [5.41, 5.74) is 1.82. The second-order valence-corrected chi connectivity index (χ2v) is 11.6. The summed E-state index contributed by atoms with van der Waals surface area (Å²) < 4.78 is 12.0. The summed E-state index contributed by atoms with van der Waals surface area (Å²) in [5, 5.41) is 21.4. The van der Waals surface area contributed by atoms with Crippen LogP contribution in [0, 0.1) is 5.92 Å². The Balaban J connectivity index is 1.24. The van der Waals surface area contributed by atoms with E-state index in [0.29, 0.717) is 25.0 Å². The standard InChI is InChI=1S/C33H46O5/c1-25(34)38-33(21-19-27-17-18-30(35)32(23-27)37-29-15-9-10-16-29)22-20-28(31(36)24-33)14-8-3-2-5-11-26-12-6-4-7-13-26/h4,6-7,12-13,17-18,23,28-29,31,35-36H,2-3,5,8-11,14-16,19-22,24H2,1H3. The maximum absolute atomic E-state index is 12.0. The van der Waals surface area contributed by atoms with Gasteiger partial charge in [-0.3, -0.25) is 4.79 Å². The number of aryl methyl sites for hydroxylation is 2. The number of hydrogen-bond acceptors (Lipinski definition) is 5. The Labute approximate surface area is 228 Å².